The van der Waals surface area contributed by atoms with Crippen molar-refractivity contribution in [2.75, 3.05) is 0 Å². The zero-order valence-corrected chi connectivity index (χ0v) is 8.54. The summed E-state index contributed by atoms with van der Waals surface area (Å²) in [6.45, 7) is 0. The van der Waals surface area contributed by atoms with E-state index in [0.717, 1.165) is 16.6 Å². The van der Waals surface area contributed by atoms with Crippen LogP contribution in [0.1, 0.15) is 0 Å². The molecule has 0 aliphatic carbocycles. The summed E-state index contributed by atoms with van der Waals surface area (Å²) < 4.78 is 0. The van der Waals surface area contributed by atoms with E-state index in [1.807, 2.05) is 30.5 Å². The lowest BCUT2D eigenvalue weighted by Gasteiger charge is -2.01. The van der Waals surface area contributed by atoms with Gasteiger partial charge in [0.15, 0.2) is 5.65 Å². The standard InChI is InChI=1S/C13H9N3/c1-2-4-10(5-3-1)11-8-12-13(16-9-11)15-7-6-14-12/h1-9H. The predicted molar refractivity (Wildman–Crippen MR) is 62.8 cm³/mol. The molecule has 76 valence electrons. The summed E-state index contributed by atoms with van der Waals surface area (Å²) in [5.41, 5.74) is 3.71. The van der Waals surface area contributed by atoms with Crippen molar-refractivity contribution in [2.24, 2.45) is 0 Å². The second-order valence-electron chi connectivity index (χ2n) is 3.49. The van der Waals surface area contributed by atoms with Crippen LogP contribution < -0.4 is 0 Å². The first kappa shape index (κ1) is 8.97. The number of pyridine rings is 1. The maximum atomic E-state index is 4.28. The molecule has 0 saturated heterocycles. The predicted octanol–water partition coefficient (Wildman–Crippen LogP) is 2.69. The van der Waals surface area contributed by atoms with Crippen LogP contribution in [0.2, 0.25) is 0 Å². The van der Waals surface area contributed by atoms with Crippen molar-refractivity contribution < 1.29 is 0 Å². The van der Waals surface area contributed by atoms with Crippen molar-refractivity contribution >= 4 is 11.2 Å². The average Bonchev–Trinajstić information content (AvgIpc) is 2.39. The number of nitrogens with zero attached hydrogens (tertiary/aromatic N) is 3. The third-order valence-corrected chi connectivity index (χ3v) is 2.43. The molecule has 0 radical (unpaired) electrons. The number of hydrogen-bond acceptors (Lipinski definition) is 3. The molecule has 3 rings (SSSR count). The third-order valence-electron chi connectivity index (χ3n) is 2.43. The summed E-state index contributed by atoms with van der Waals surface area (Å²) in [4.78, 5) is 12.7. The smallest absolute Gasteiger partial charge is 0.178 e. The normalized spacial score (nSPS) is 10.5. The van der Waals surface area contributed by atoms with Gasteiger partial charge in [-0.15, -0.1) is 0 Å². The average molecular weight is 207 g/mol. The van der Waals surface area contributed by atoms with Crippen molar-refractivity contribution in [1.29, 1.82) is 0 Å². The van der Waals surface area contributed by atoms with Crippen LogP contribution in [-0.2, 0) is 0 Å². The molecule has 3 nitrogen and oxygen atoms in total. The lowest BCUT2D eigenvalue weighted by atomic mass is 10.1. The van der Waals surface area contributed by atoms with Gasteiger partial charge in [-0.3, -0.25) is 4.98 Å². The highest BCUT2D eigenvalue weighted by Gasteiger charge is 2.00. The summed E-state index contributed by atoms with van der Waals surface area (Å²) in [6.07, 6.45) is 5.16. The van der Waals surface area contributed by atoms with E-state index in [1.165, 1.54) is 0 Å². The first-order valence-electron chi connectivity index (χ1n) is 5.06. The van der Waals surface area contributed by atoms with E-state index in [2.05, 4.69) is 27.1 Å². The number of aromatic nitrogens is 3. The van der Waals surface area contributed by atoms with Crippen LogP contribution in [0.15, 0.2) is 55.0 Å². The van der Waals surface area contributed by atoms with Crippen LogP contribution in [0, 0.1) is 0 Å². The fraction of sp³-hybridized carbons (Fsp3) is 0. The number of benzene rings is 1. The topological polar surface area (TPSA) is 38.7 Å². The second-order valence-corrected chi connectivity index (χ2v) is 3.49. The Kier molecular flexibility index (Phi) is 2.07. The molecule has 16 heavy (non-hydrogen) atoms. The van der Waals surface area contributed by atoms with Crippen molar-refractivity contribution in [3.8, 4) is 11.1 Å². The van der Waals surface area contributed by atoms with Crippen molar-refractivity contribution in [3.05, 3.63) is 55.0 Å². The molecule has 0 fully saturated rings. The Labute approximate surface area is 92.8 Å². The van der Waals surface area contributed by atoms with Crippen LogP contribution in [0.5, 0.6) is 0 Å². The van der Waals surface area contributed by atoms with Crippen LogP contribution in [0.4, 0.5) is 0 Å². The van der Waals surface area contributed by atoms with Crippen LogP contribution in [0.3, 0.4) is 0 Å². The molecule has 3 aromatic rings. The molecule has 0 amide bonds. The van der Waals surface area contributed by atoms with Gasteiger partial charge in [0.2, 0.25) is 0 Å². The minimum atomic E-state index is 0.683. The molecule has 0 atom stereocenters. The highest BCUT2D eigenvalue weighted by Crippen LogP contribution is 2.20. The Balaban J connectivity index is 2.19. The Morgan fingerprint density at radius 1 is 0.750 bits per heavy atom. The largest absolute Gasteiger partial charge is 0.251 e. The second kappa shape index (κ2) is 3.70. The highest BCUT2D eigenvalue weighted by molar-refractivity contribution is 5.76. The van der Waals surface area contributed by atoms with Gasteiger partial charge >= 0.3 is 0 Å². The molecule has 0 saturated carbocycles. The fourth-order valence-electron chi connectivity index (χ4n) is 1.65. The molecule has 0 spiro atoms. The van der Waals surface area contributed by atoms with Crippen molar-refractivity contribution in [3.63, 3.8) is 0 Å². The molecule has 0 aliphatic rings. The molecule has 0 bridgehead atoms. The first-order valence-corrected chi connectivity index (χ1v) is 5.06. The number of fused-ring (bicyclic) bond motifs is 1. The van der Waals surface area contributed by atoms with E-state index in [-0.39, 0.29) is 0 Å². The van der Waals surface area contributed by atoms with Crippen LogP contribution in [-0.4, -0.2) is 15.0 Å². The van der Waals surface area contributed by atoms with E-state index >= 15 is 0 Å². The van der Waals surface area contributed by atoms with Crippen LogP contribution in [0.25, 0.3) is 22.3 Å². The maximum absolute atomic E-state index is 4.28. The molecule has 2 heterocycles. The monoisotopic (exact) mass is 207 g/mol. The molecular formula is C13H9N3. The Morgan fingerprint density at radius 2 is 1.56 bits per heavy atom. The minimum absolute atomic E-state index is 0.683. The fourth-order valence-corrected chi connectivity index (χ4v) is 1.65. The lowest BCUT2D eigenvalue weighted by Crippen LogP contribution is -1.87. The Bertz CT molecular complexity index is 620. The van der Waals surface area contributed by atoms with Crippen molar-refractivity contribution in [2.45, 2.75) is 0 Å². The quantitative estimate of drug-likeness (QED) is 0.615. The summed E-state index contributed by atoms with van der Waals surface area (Å²) in [5.74, 6) is 0. The van der Waals surface area contributed by atoms with E-state index in [0.29, 0.717) is 5.65 Å². The maximum Gasteiger partial charge on any atom is 0.178 e. The van der Waals surface area contributed by atoms with E-state index in [9.17, 15) is 0 Å². The molecule has 3 heteroatoms. The summed E-state index contributed by atoms with van der Waals surface area (Å²) in [5, 5.41) is 0. The van der Waals surface area contributed by atoms with Gasteiger partial charge in [0.05, 0.1) is 0 Å². The van der Waals surface area contributed by atoms with Gasteiger partial charge in [-0.2, -0.15) is 0 Å². The van der Waals surface area contributed by atoms with Gasteiger partial charge < -0.3 is 0 Å². The van der Waals surface area contributed by atoms with Gasteiger partial charge in [-0.05, 0) is 11.6 Å². The van der Waals surface area contributed by atoms with Gasteiger partial charge in [0, 0.05) is 24.2 Å². The summed E-state index contributed by atoms with van der Waals surface area (Å²) in [7, 11) is 0. The van der Waals surface area contributed by atoms with Crippen molar-refractivity contribution in [1.82, 2.24) is 15.0 Å². The molecule has 0 aliphatic heterocycles. The zero-order chi connectivity index (χ0) is 10.8. The van der Waals surface area contributed by atoms with Gasteiger partial charge in [0.1, 0.15) is 5.52 Å². The summed E-state index contributed by atoms with van der Waals surface area (Å²) in [6, 6.07) is 12.1. The highest BCUT2D eigenvalue weighted by atomic mass is 14.9. The molecular weight excluding hydrogens is 198 g/mol. The molecule has 0 unspecified atom stereocenters. The van der Waals surface area contributed by atoms with E-state index in [4.69, 9.17) is 0 Å². The SMILES string of the molecule is c1ccc(-c2cnc3nccnc3c2)cc1. The third kappa shape index (κ3) is 1.52. The van der Waals surface area contributed by atoms with Gasteiger partial charge in [-0.25, -0.2) is 9.97 Å². The molecule has 2 aromatic heterocycles. The molecule has 0 N–H and O–H groups in total. The minimum Gasteiger partial charge on any atom is -0.251 e. The zero-order valence-electron chi connectivity index (χ0n) is 8.54. The lowest BCUT2D eigenvalue weighted by molar-refractivity contribution is 1.22. The molecule has 1 aromatic carbocycles. The van der Waals surface area contributed by atoms with E-state index < -0.39 is 0 Å². The van der Waals surface area contributed by atoms with E-state index in [1.54, 1.807) is 12.4 Å². The summed E-state index contributed by atoms with van der Waals surface area (Å²) >= 11 is 0. The van der Waals surface area contributed by atoms with Gasteiger partial charge in [0.25, 0.3) is 0 Å². The Morgan fingerprint density at radius 3 is 2.44 bits per heavy atom. The Hall–Kier alpha value is -2.29. The number of rotatable bonds is 1. The first-order chi connectivity index (χ1) is 7.93. The van der Waals surface area contributed by atoms with Crippen LogP contribution >= 0.6 is 0 Å². The van der Waals surface area contributed by atoms with Gasteiger partial charge in [-0.1, -0.05) is 30.3 Å². The number of hydrogen-bond donors (Lipinski definition) is 0.